The van der Waals surface area contributed by atoms with Crippen molar-refractivity contribution in [3.05, 3.63) is 123 Å². The van der Waals surface area contributed by atoms with E-state index in [1.54, 1.807) is 29.2 Å². The van der Waals surface area contributed by atoms with Gasteiger partial charge >= 0.3 is 17.7 Å². The van der Waals surface area contributed by atoms with Gasteiger partial charge in [0.05, 0.1) is 48.5 Å². The molecule has 0 aliphatic carbocycles. The zero-order valence-electron chi connectivity index (χ0n) is 27.0. The van der Waals surface area contributed by atoms with Crippen LogP contribution in [0.3, 0.4) is 0 Å². The molecule has 1 aliphatic rings. The summed E-state index contributed by atoms with van der Waals surface area (Å²) in [5, 5.41) is 26.5. The number of hydrogen-bond donors (Lipinski definition) is 3. The SMILES string of the molecule is COc1cc(CC(=O)N2CC(OCc3ccccc3)CC2COc2ccc(C(=O)O)cc2[N+](=O)[O-])ccc1NC(=O)Nc1ccccc1C. The number of anilines is 2. The highest BCUT2D eigenvalue weighted by molar-refractivity contribution is 6.01. The molecule has 1 saturated heterocycles. The fourth-order valence-electron chi connectivity index (χ4n) is 5.56. The van der Waals surface area contributed by atoms with E-state index < -0.39 is 28.7 Å². The lowest BCUT2D eigenvalue weighted by atomic mass is 10.1. The van der Waals surface area contributed by atoms with Crippen LogP contribution in [0.1, 0.15) is 33.5 Å². The number of carboxylic acids is 1. The van der Waals surface area contributed by atoms with Crippen molar-refractivity contribution in [2.75, 3.05) is 30.9 Å². The number of methoxy groups -OCH3 is 1. The summed E-state index contributed by atoms with van der Waals surface area (Å²) in [7, 11) is 1.47. The van der Waals surface area contributed by atoms with Crippen LogP contribution in [0.15, 0.2) is 91.0 Å². The number of likely N-dealkylation sites (tertiary alicyclic amines) is 1. The zero-order valence-corrected chi connectivity index (χ0v) is 27.0. The lowest BCUT2D eigenvalue weighted by molar-refractivity contribution is -0.385. The average molecular weight is 669 g/mol. The maximum atomic E-state index is 13.8. The van der Waals surface area contributed by atoms with Crippen molar-refractivity contribution < 1.29 is 38.6 Å². The van der Waals surface area contributed by atoms with Gasteiger partial charge in [-0.25, -0.2) is 9.59 Å². The van der Waals surface area contributed by atoms with E-state index in [0.717, 1.165) is 17.2 Å². The van der Waals surface area contributed by atoms with Crippen LogP contribution in [0, 0.1) is 17.0 Å². The van der Waals surface area contributed by atoms with E-state index in [4.69, 9.17) is 14.2 Å². The predicted molar refractivity (Wildman–Crippen MR) is 181 cm³/mol. The van der Waals surface area contributed by atoms with Crippen molar-refractivity contribution >= 4 is 35.0 Å². The highest BCUT2D eigenvalue weighted by Gasteiger charge is 2.37. The van der Waals surface area contributed by atoms with Gasteiger partial charge in [0.25, 0.3) is 0 Å². The molecule has 2 unspecified atom stereocenters. The highest BCUT2D eigenvalue weighted by Crippen LogP contribution is 2.31. The summed E-state index contributed by atoms with van der Waals surface area (Å²) in [6.07, 6.45) is 0.0957. The number of nitro groups is 1. The molecule has 13 nitrogen and oxygen atoms in total. The average Bonchev–Trinajstić information content (AvgIpc) is 3.51. The number of carbonyl (C=O) groups excluding carboxylic acids is 2. The maximum absolute atomic E-state index is 13.8. The van der Waals surface area contributed by atoms with E-state index >= 15 is 0 Å². The molecule has 1 aliphatic heterocycles. The minimum atomic E-state index is -1.30. The number of benzene rings is 4. The number of ether oxygens (including phenoxy) is 3. The Kier molecular flexibility index (Phi) is 11.1. The summed E-state index contributed by atoms with van der Waals surface area (Å²) in [5.74, 6) is -1.26. The smallest absolute Gasteiger partial charge is 0.335 e. The van der Waals surface area contributed by atoms with Gasteiger partial charge in [-0.3, -0.25) is 14.9 Å². The lowest BCUT2D eigenvalue weighted by Crippen LogP contribution is -2.40. The van der Waals surface area contributed by atoms with Gasteiger partial charge in [0.1, 0.15) is 12.4 Å². The number of carbonyl (C=O) groups is 3. The molecule has 4 aromatic carbocycles. The summed E-state index contributed by atoms with van der Waals surface area (Å²) in [5.41, 5.74) is 2.88. The number of nitrogens with one attached hydrogen (secondary N) is 2. The molecule has 0 saturated carbocycles. The minimum absolute atomic E-state index is 0.00140. The zero-order chi connectivity index (χ0) is 34.9. The molecule has 3 N–H and O–H groups in total. The van der Waals surface area contributed by atoms with Gasteiger partial charge in [-0.05, 0) is 60.4 Å². The van der Waals surface area contributed by atoms with Gasteiger partial charge in [0.15, 0.2) is 5.75 Å². The summed E-state index contributed by atoms with van der Waals surface area (Å²) in [6, 6.07) is 24.6. The normalized spacial score (nSPS) is 15.3. The number of amides is 3. The third-order valence-electron chi connectivity index (χ3n) is 8.12. The predicted octanol–water partition coefficient (Wildman–Crippen LogP) is 6.06. The molecule has 13 heteroatoms. The van der Waals surface area contributed by atoms with Gasteiger partial charge in [0.2, 0.25) is 5.91 Å². The number of aryl methyl sites for hydroxylation is 1. The summed E-state index contributed by atoms with van der Waals surface area (Å²) >= 11 is 0. The molecule has 2 atom stereocenters. The number of rotatable bonds is 13. The largest absolute Gasteiger partial charge is 0.495 e. The fourth-order valence-corrected chi connectivity index (χ4v) is 5.56. The molecule has 254 valence electrons. The molecular weight excluding hydrogens is 632 g/mol. The number of carboxylic acid groups (broad SMARTS) is 1. The molecule has 4 aromatic rings. The topological polar surface area (TPSA) is 170 Å². The van der Waals surface area contributed by atoms with Crippen molar-refractivity contribution in [2.45, 2.75) is 38.5 Å². The quantitative estimate of drug-likeness (QED) is 0.113. The van der Waals surface area contributed by atoms with Gasteiger partial charge in [-0.1, -0.05) is 54.6 Å². The molecule has 0 spiro atoms. The van der Waals surface area contributed by atoms with Crippen LogP contribution in [0.2, 0.25) is 0 Å². The monoisotopic (exact) mass is 668 g/mol. The van der Waals surface area contributed by atoms with Gasteiger partial charge in [-0.15, -0.1) is 0 Å². The Labute approximate surface area is 282 Å². The first kappa shape index (κ1) is 34.4. The highest BCUT2D eigenvalue weighted by atomic mass is 16.6. The van der Waals surface area contributed by atoms with Crippen molar-refractivity contribution in [1.82, 2.24) is 4.90 Å². The van der Waals surface area contributed by atoms with Crippen LogP contribution in [-0.4, -0.2) is 65.2 Å². The molecule has 5 rings (SSSR count). The number of nitro benzene ring substituents is 1. The second-order valence-corrected chi connectivity index (χ2v) is 11.5. The second-order valence-electron chi connectivity index (χ2n) is 11.5. The number of aromatic carboxylic acids is 1. The molecule has 3 amide bonds. The van der Waals surface area contributed by atoms with Crippen LogP contribution in [0.25, 0.3) is 0 Å². The van der Waals surface area contributed by atoms with Crippen LogP contribution in [0.5, 0.6) is 11.5 Å². The van der Waals surface area contributed by atoms with Crippen molar-refractivity contribution in [2.24, 2.45) is 0 Å². The molecule has 1 fully saturated rings. The lowest BCUT2D eigenvalue weighted by Gasteiger charge is -2.25. The van der Waals surface area contributed by atoms with E-state index in [2.05, 4.69) is 10.6 Å². The van der Waals surface area contributed by atoms with Crippen LogP contribution in [-0.2, 0) is 22.6 Å². The summed E-state index contributed by atoms with van der Waals surface area (Å²) < 4.78 is 17.5. The van der Waals surface area contributed by atoms with E-state index in [9.17, 15) is 29.6 Å². The Morgan fingerprint density at radius 3 is 2.37 bits per heavy atom. The molecule has 0 aromatic heterocycles. The van der Waals surface area contributed by atoms with Gasteiger partial charge in [0, 0.05) is 18.3 Å². The first-order chi connectivity index (χ1) is 23.6. The van der Waals surface area contributed by atoms with Crippen LogP contribution < -0.4 is 20.1 Å². The second kappa shape index (κ2) is 15.8. The van der Waals surface area contributed by atoms with Crippen molar-refractivity contribution in [3.8, 4) is 11.5 Å². The van der Waals surface area contributed by atoms with Gasteiger partial charge in [-0.2, -0.15) is 0 Å². The number of hydrogen-bond acceptors (Lipinski definition) is 8. The maximum Gasteiger partial charge on any atom is 0.335 e. The van der Waals surface area contributed by atoms with Gasteiger partial charge < -0.3 is 34.9 Å². The molecule has 49 heavy (non-hydrogen) atoms. The Morgan fingerprint density at radius 2 is 1.65 bits per heavy atom. The first-order valence-electron chi connectivity index (χ1n) is 15.5. The summed E-state index contributed by atoms with van der Waals surface area (Å²) in [6.45, 7) is 2.42. The van der Waals surface area contributed by atoms with Crippen molar-refractivity contribution in [1.29, 1.82) is 0 Å². The number of para-hydroxylation sites is 1. The Morgan fingerprint density at radius 1 is 0.918 bits per heavy atom. The van der Waals surface area contributed by atoms with E-state index in [1.807, 2.05) is 55.5 Å². The molecule has 0 radical (unpaired) electrons. The Bertz CT molecular complexity index is 1830. The number of nitrogens with zero attached hydrogens (tertiary/aromatic N) is 2. The fraction of sp³-hybridized carbons (Fsp3) is 0.250. The number of urea groups is 1. The standard InChI is InChI=1S/C36H36N4O9/c1-23-8-6-7-11-29(23)37-36(44)38-30-14-12-25(16-33(30)47-2)17-34(41)39-20-28(48-21-24-9-4-3-5-10-24)19-27(39)22-49-32-15-13-26(35(42)43)18-31(32)40(45)46/h3-16,18,27-28H,17,19-22H2,1-2H3,(H,42,43)(H2,37,38,44). The summed E-state index contributed by atoms with van der Waals surface area (Å²) in [4.78, 5) is 50.4. The van der Waals surface area contributed by atoms with Crippen LogP contribution >= 0.6 is 0 Å². The van der Waals surface area contributed by atoms with Crippen molar-refractivity contribution in [3.63, 3.8) is 0 Å². The first-order valence-corrected chi connectivity index (χ1v) is 15.5. The molecule has 1 heterocycles. The molecular formula is C36H36N4O9. The Hall–Kier alpha value is -5.95. The van der Waals surface area contributed by atoms with Crippen LogP contribution in [0.4, 0.5) is 21.9 Å². The Balaban J connectivity index is 1.29. The molecule has 0 bridgehead atoms. The third-order valence-corrected chi connectivity index (χ3v) is 8.12. The van der Waals surface area contributed by atoms with E-state index in [0.29, 0.717) is 35.7 Å². The minimum Gasteiger partial charge on any atom is -0.495 e. The third kappa shape index (κ3) is 8.90. The van der Waals surface area contributed by atoms with E-state index in [-0.39, 0.29) is 42.9 Å². The van der Waals surface area contributed by atoms with E-state index in [1.165, 1.54) is 19.2 Å².